The minimum Gasteiger partial charge on any atom is -0.318 e. The zero-order valence-corrected chi connectivity index (χ0v) is 13.3. The van der Waals surface area contributed by atoms with Crippen LogP contribution in [0.25, 0.3) is 0 Å². The molecule has 0 bridgehead atoms. The largest absolute Gasteiger partial charge is 0.318 e. The van der Waals surface area contributed by atoms with Crippen molar-refractivity contribution < 1.29 is 9.59 Å². The predicted molar refractivity (Wildman–Crippen MR) is 89.1 cm³/mol. The summed E-state index contributed by atoms with van der Waals surface area (Å²) < 4.78 is 0. The zero-order valence-electron chi connectivity index (χ0n) is 13.3. The number of hydrogen-bond acceptors (Lipinski definition) is 2. The van der Waals surface area contributed by atoms with Gasteiger partial charge in [-0.1, -0.05) is 35.9 Å². The Morgan fingerprint density at radius 3 is 1.91 bits per heavy atom. The average molecular weight is 296 g/mol. The number of carbonyl (C=O) groups is 2. The molecule has 0 atom stereocenters. The topological polar surface area (TPSA) is 58.2 Å². The summed E-state index contributed by atoms with van der Waals surface area (Å²) in [5.41, 5.74) is 5.24. The zero-order chi connectivity index (χ0) is 16.3. The van der Waals surface area contributed by atoms with Crippen molar-refractivity contribution in [2.75, 3.05) is 10.6 Å². The summed E-state index contributed by atoms with van der Waals surface area (Å²) >= 11 is 0. The van der Waals surface area contributed by atoms with Gasteiger partial charge < -0.3 is 10.6 Å². The maximum atomic E-state index is 12.1. The van der Waals surface area contributed by atoms with E-state index in [9.17, 15) is 9.59 Å². The molecule has 4 heteroatoms. The van der Waals surface area contributed by atoms with Gasteiger partial charge in [0.15, 0.2) is 0 Å². The molecule has 2 aromatic rings. The molecule has 0 aliphatic carbocycles. The highest BCUT2D eigenvalue weighted by Crippen LogP contribution is 2.22. The number of anilines is 2. The van der Waals surface area contributed by atoms with Crippen LogP contribution < -0.4 is 10.6 Å². The smallest absolute Gasteiger partial charge is 0.314 e. The highest BCUT2D eigenvalue weighted by Gasteiger charge is 2.16. The number of benzene rings is 2. The fraction of sp³-hybridized carbons (Fsp3) is 0.222. The third-order valence-electron chi connectivity index (χ3n) is 3.52. The summed E-state index contributed by atoms with van der Waals surface area (Å²) in [5.74, 6) is -1.34. The second-order valence-corrected chi connectivity index (χ2v) is 5.50. The fourth-order valence-electron chi connectivity index (χ4n) is 2.44. The van der Waals surface area contributed by atoms with Crippen LogP contribution in [0.2, 0.25) is 0 Å². The molecule has 2 rings (SSSR count). The minimum atomic E-state index is -0.673. The van der Waals surface area contributed by atoms with E-state index in [-0.39, 0.29) is 0 Å². The molecule has 0 saturated heterocycles. The third-order valence-corrected chi connectivity index (χ3v) is 3.52. The Morgan fingerprint density at radius 2 is 1.32 bits per heavy atom. The SMILES string of the molecule is Cc1cc(C)c(NC(=O)C(=O)Nc2ccccc2C)c(C)c1. The molecule has 0 aliphatic rings. The van der Waals surface area contributed by atoms with Gasteiger partial charge in [0.1, 0.15) is 0 Å². The number of nitrogens with one attached hydrogen (secondary N) is 2. The number of aryl methyl sites for hydroxylation is 4. The van der Waals surface area contributed by atoms with Gasteiger partial charge in [0.05, 0.1) is 0 Å². The Kier molecular flexibility index (Phi) is 4.61. The molecule has 2 amide bonds. The van der Waals surface area contributed by atoms with E-state index in [4.69, 9.17) is 0 Å². The lowest BCUT2D eigenvalue weighted by Crippen LogP contribution is -2.29. The number of amides is 2. The molecule has 0 unspecified atom stereocenters. The van der Waals surface area contributed by atoms with Crippen molar-refractivity contribution in [1.29, 1.82) is 0 Å². The van der Waals surface area contributed by atoms with Crippen molar-refractivity contribution >= 4 is 23.2 Å². The average Bonchev–Trinajstić information content (AvgIpc) is 2.45. The summed E-state index contributed by atoms with van der Waals surface area (Å²) in [6, 6.07) is 11.3. The number of carbonyl (C=O) groups excluding carboxylic acids is 2. The van der Waals surface area contributed by atoms with Gasteiger partial charge in [-0.25, -0.2) is 0 Å². The molecule has 0 aliphatic heterocycles. The van der Waals surface area contributed by atoms with Crippen LogP contribution in [0, 0.1) is 27.7 Å². The number of hydrogen-bond donors (Lipinski definition) is 2. The van der Waals surface area contributed by atoms with E-state index in [0.29, 0.717) is 11.4 Å². The number of rotatable bonds is 2. The number of para-hydroxylation sites is 1. The lowest BCUT2D eigenvalue weighted by Gasteiger charge is -2.13. The Hall–Kier alpha value is -2.62. The molecule has 4 nitrogen and oxygen atoms in total. The van der Waals surface area contributed by atoms with Gasteiger partial charge in [-0.2, -0.15) is 0 Å². The van der Waals surface area contributed by atoms with Crippen LogP contribution >= 0.6 is 0 Å². The molecule has 22 heavy (non-hydrogen) atoms. The van der Waals surface area contributed by atoms with Crippen LogP contribution in [0.3, 0.4) is 0 Å². The van der Waals surface area contributed by atoms with Gasteiger partial charge in [0.25, 0.3) is 0 Å². The Balaban J connectivity index is 2.13. The Morgan fingerprint density at radius 1 is 0.773 bits per heavy atom. The third kappa shape index (κ3) is 3.52. The van der Waals surface area contributed by atoms with Crippen LogP contribution in [0.4, 0.5) is 11.4 Å². The van der Waals surface area contributed by atoms with Crippen LogP contribution in [-0.2, 0) is 9.59 Å². The Labute approximate surface area is 130 Å². The molecule has 114 valence electrons. The second-order valence-electron chi connectivity index (χ2n) is 5.50. The molecular weight excluding hydrogens is 276 g/mol. The monoisotopic (exact) mass is 296 g/mol. The van der Waals surface area contributed by atoms with Crippen molar-refractivity contribution in [1.82, 2.24) is 0 Å². The van der Waals surface area contributed by atoms with Crippen molar-refractivity contribution in [3.8, 4) is 0 Å². The minimum absolute atomic E-state index is 0.639. The first kappa shape index (κ1) is 15.8. The second kappa shape index (κ2) is 6.43. The molecule has 0 saturated carbocycles. The van der Waals surface area contributed by atoms with Crippen LogP contribution in [0.15, 0.2) is 36.4 Å². The van der Waals surface area contributed by atoms with E-state index in [0.717, 1.165) is 22.3 Å². The van der Waals surface area contributed by atoms with Gasteiger partial charge >= 0.3 is 11.8 Å². The highest BCUT2D eigenvalue weighted by atomic mass is 16.2. The van der Waals surface area contributed by atoms with Crippen LogP contribution in [-0.4, -0.2) is 11.8 Å². The van der Waals surface area contributed by atoms with Crippen LogP contribution in [0.1, 0.15) is 22.3 Å². The fourth-order valence-corrected chi connectivity index (χ4v) is 2.44. The molecule has 0 fully saturated rings. The van der Waals surface area contributed by atoms with E-state index in [2.05, 4.69) is 10.6 Å². The molecule has 0 heterocycles. The van der Waals surface area contributed by atoms with Crippen molar-refractivity contribution in [3.05, 3.63) is 58.7 Å². The van der Waals surface area contributed by atoms with Gasteiger partial charge in [-0.3, -0.25) is 9.59 Å². The van der Waals surface area contributed by atoms with Gasteiger partial charge in [0.2, 0.25) is 0 Å². The normalized spacial score (nSPS) is 10.2. The summed E-state index contributed by atoms with van der Waals surface area (Å²) in [7, 11) is 0. The quantitative estimate of drug-likeness (QED) is 0.833. The van der Waals surface area contributed by atoms with E-state index in [1.165, 1.54) is 0 Å². The summed E-state index contributed by atoms with van der Waals surface area (Å²) in [6.45, 7) is 7.70. The standard InChI is InChI=1S/C18H20N2O2/c1-11-9-13(3)16(14(4)10-11)20-18(22)17(21)19-15-8-6-5-7-12(15)2/h5-10H,1-4H3,(H,19,21)(H,20,22). The molecule has 2 N–H and O–H groups in total. The lowest BCUT2D eigenvalue weighted by atomic mass is 10.1. The van der Waals surface area contributed by atoms with Gasteiger partial charge in [-0.05, 0) is 50.5 Å². The van der Waals surface area contributed by atoms with Crippen molar-refractivity contribution in [2.45, 2.75) is 27.7 Å². The Bertz CT molecular complexity index is 713. The maximum Gasteiger partial charge on any atom is 0.314 e. The first-order valence-electron chi connectivity index (χ1n) is 7.14. The van der Waals surface area contributed by atoms with E-state index >= 15 is 0 Å². The lowest BCUT2D eigenvalue weighted by molar-refractivity contribution is -0.133. The van der Waals surface area contributed by atoms with Crippen molar-refractivity contribution in [2.24, 2.45) is 0 Å². The summed E-state index contributed by atoms with van der Waals surface area (Å²) in [4.78, 5) is 24.1. The van der Waals surface area contributed by atoms with Crippen LogP contribution in [0.5, 0.6) is 0 Å². The molecule has 0 radical (unpaired) electrons. The summed E-state index contributed by atoms with van der Waals surface area (Å²) in [6.07, 6.45) is 0. The molecule has 2 aromatic carbocycles. The maximum absolute atomic E-state index is 12.1. The molecule has 0 spiro atoms. The van der Waals surface area contributed by atoms with Gasteiger partial charge in [-0.15, -0.1) is 0 Å². The van der Waals surface area contributed by atoms with E-state index in [1.54, 1.807) is 6.07 Å². The van der Waals surface area contributed by atoms with E-state index < -0.39 is 11.8 Å². The summed E-state index contributed by atoms with van der Waals surface area (Å²) in [5, 5.41) is 5.32. The predicted octanol–water partition coefficient (Wildman–Crippen LogP) is 3.50. The first-order valence-corrected chi connectivity index (χ1v) is 7.14. The first-order chi connectivity index (χ1) is 10.4. The molecular formula is C18H20N2O2. The molecule has 0 aromatic heterocycles. The van der Waals surface area contributed by atoms with Crippen molar-refractivity contribution in [3.63, 3.8) is 0 Å². The van der Waals surface area contributed by atoms with E-state index in [1.807, 2.05) is 58.0 Å². The highest BCUT2D eigenvalue weighted by molar-refractivity contribution is 6.43. The van der Waals surface area contributed by atoms with Gasteiger partial charge in [0, 0.05) is 11.4 Å².